The van der Waals surface area contributed by atoms with Crippen LogP contribution in [0.4, 0.5) is 30.4 Å². The highest BCUT2D eigenvalue weighted by molar-refractivity contribution is 6.04. The molecule has 1 atom stereocenters. The van der Waals surface area contributed by atoms with Crippen molar-refractivity contribution < 1.29 is 22.7 Å². The molecule has 0 bridgehead atoms. The van der Waals surface area contributed by atoms with Crippen molar-refractivity contribution in [2.75, 3.05) is 29.7 Å². The lowest BCUT2D eigenvalue weighted by Crippen LogP contribution is -2.49. The number of aryl methyl sites for hydroxylation is 1. The fourth-order valence-electron chi connectivity index (χ4n) is 4.33. The predicted molar refractivity (Wildman–Crippen MR) is 129 cm³/mol. The van der Waals surface area contributed by atoms with Gasteiger partial charge in [0.25, 0.3) is 0 Å². The van der Waals surface area contributed by atoms with E-state index < -0.39 is 11.9 Å². The number of carbonyl (C=O) groups is 1. The van der Waals surface area contributed by atoms with E-state index in [2.05, 4.69) is 25.7 Å². The minimum Gasteiger partial charge on any atom is -0.481 e. The molecule has 4 heterocycles. The van der Waals surface area contributed by atoms with Gasteiger partial charge in [0, 0.05) is 37.0 Å². The standard InChI is InChI=1S/C24H28F3N7O2/c1-13(2)21-22(35)32-20-14(3)30-19(8-17(20)33(21)4)28-9-15-10-29-34(11-15)12-16-6-7-18(24(25,26)27)31-23(16)36-5/h6-8,10-11,13,21H,9,12H2,1-5H3,(H,28,30)(H,32,35). The average molecular weight is 504 g/mol. The zero-order valence-corrected chi connectivity index (χ0v) is 20.6. The number of likely N-dealkylation sites (N-methyl/N-ethyl adjacent to an activating group) is 1. The van der Waals surface area contributed by atoms with Crippen LogP contribution in [-0.2, 0) is 24.1 Å². The van der Waals surface area contributed by atoms with Gasteiger partial charge in [-0.05, 0) is 25.0 Å². The van der Waals surface area contributed by atoms with E-state index in [9.17, 15) is 18.0 Å². The predicted octanol–water partition coefficient (Wildman–Crippen LogP) is 4.08. The van der Waals surface area contributed by atoms with E-state index in [1.165, 1.54) is 13.2 Å². The average Bonchev–Trinajstić information content (AvgIpc) is 3.25. The Morgan fingerprint density at radius 1 is 1.25 bits per heavy atom. The van der Waals surface area contributed by atoms with Crippen molar-refractivity contribution in [3.05, 3.63) is 53.1 Å². The number of alkyl halides is 3. The Bertz CT molecular complexity index is 1270. The van der Waals surface area contributed by atoms with Crippen LogP contribution in [0.25, 0.3) is 0 Å². The Hall–Kier alpha value is -3.83. The van der Waals surface area contributed by atoms with Crippen LogP contribution in [0.1, 0.15) is 36.4 Å². The van der Waals surface area contributed by atoms with Gasteiger partial charge in [0.2, 0.25) is 11.8 Å². The molecule has 0 aromatic carbocycles. The number of fused-ring (bicyclic) bond motifs is 1. The topological polar surface area (TPSA) is 97.2 Å². The van der Waals surface area contributed by atoms with Gasteiger partial charge in [-0.3, -0.25) is 9.48 Å². The van der Waals surface area contributed by atoms with E-state index in [4.69, 9.17) is 4.74 Å². The zero-order chi connectivity index (χ0) is 26.2. The largest absolute Gasteiger partial charge is 0.481 e. The molecule has 12 heteroatoms. The van der Waals surface area contributed by atoms with Gasteiger partial charge in [-0.25, -0.2) is 9.97 Å². The molecule has 0 spiro atoms. The summed E-state index contributed by atoms with van der Waals surface area (Å²) in [5, 5.41) is 10.6. The van der Waals surface area contributed by atoms with E-state index in [0.717, 1.165) is 17.3 Å². The van der Waals surface area contributed by atoms with Crippen molar-refractivity contribution in [1.82, 2.24) is 19.7 Å². The van der Waals surface area contributed by atoms with Crippen molar-refractivity contribution in [1.29, 1.82) is 0 Å². The van der Waals surface area contributed by atoms with E-state index >= 15 is 0 Å². The molecule has 1 amide bonds. The molecule has 0 saturated heterocycles. The Balaban J connectivity index is 1.47. The molecule has 36 heavy (non-hydrogen) atoms. The lowest BCUT2D eigenvalue weighted by Gasteiger charge is -2.38. The number of ether oxygens (including phenoxy) is 1. The van der Waals surface area contributed by atoms with Crippen LogP contribution >= 0.6 is 0 Å². The normalized spacial score (nSPS) is 15.6. The first kappa shape index (κ1) is 25.3. The van der Waals surface area contributed by atoms with Crippen LogP contribution in [0, 0.1) is 12.8 Å². The quantitative estimate of drug-likeness (QED) is 0.502. The number of amides is 1. The molecule has 1 aliphatic rings. The highest BCUT2D eigenvalue weighted by Crippen LogP contribution is 2.36. The molecule has 0 saturated carbocycles. The van der Waals surface area contributed by atoms with Crippen molar-refractivity contribution in [2.24, 2.45) is 5.92 Å². The first-order chi connectivity index (χ1) is 17.0. The van der Waals surface area contributed by atoms with Crippen LogP contribution in [0.3, 0.4) is 0 Å². The molecule has 1 aliphatic heterocycles. The second-order valence-corrected chi connectivity index (χ2v) is 9.04. The summed E-state index contributed by atoms with van der Waals surface area (Å²) in [6, 6.07) is 3.90. The monoisotopic (exact) mass is 503 g/mol. The van der Waals surface area contributed by atoms with E-state index in [1.807, 2.05) is 38.8 Å². The second-order valence-electron chi connectivity index (χ2n) is 9.04. The van der Waals surface area contributed by atoms with E-state index in [0.29, 0.717) is 29.3 Å². The number of nitrogens with zero attached hydrogens (tertiary/aromatic N) is 5. The van der Waals surface area contributed by atoms with Gasteiger partial charge in [-0.1, -0.05) is 13.8 Å². The summed E-state index contributed by atoms with van der Waals surface area (Å²) in [5.74, 6) is 0.651. The maximum absolute atomic E-state index is 12.9. The maximum atomic E-state index is 12.9. The fraction of sp³-hybridized carbons (Fsp3) is 0.417. The number of methoxy groups -OCH3 is 1. The number of pyridine rings is 2. The first-order valence-corrected chi connectivity index (χ1v) is 11.4. The summed E-state index contributed by atoms with van der Waals surface area (Å²) in [7, 11) is 3.18. The lowest BCUT2D eigenvalue weighted by molar-refractivity contribution is -0.141. The Labute approximate surface area is 206 Å². The lowest BCUT2D eigenvalue weighted by atomic mass is 9.98. The third-order valence-electron chi connectivity index (χ3n) is 6.04. The molecule has 2 N–H and O–H groups in total. The Kier molecular flexibility index (Phi) is 6.79. The molecule has 0 aliphatic carbocycles. The number of nitrogens with one attached hydrogen (secondary N) is 2. The highest BCUT2D eigenvalue weighted by Gasteiger charge is 2.34. The SMILES string of the molecule is COc1nc(C(F)(F)F)ccc1Cn1cc(CNc2cc3c(c(C)n2)NC(=O)C(C(C)C)N3C)cn1. The summed E-state index contributed by atoms with van der Waals surface area (Å²) >= 11 is 0. The van der Waals surface area contributed by atoms with Crippen LogP contribution < -0.4 is 20.3 Å². The van der Waals surface area contributed by atoms with Crippen LogP contribution in [0.15, 0.2) is 30.6 Å². The van der Waals surface area contributed by atoms with Crippen molar-refractivity contribution >= 4 is 23.1 Å². The number of rotatable bonds is 7. The third-order valence-corrected chi connectivity index (χ3v) is 6.04. The summed E-state index contributed by atoms with van der Waals surface area (Å²) in [5.41, 5.74) is 2.62. The number of hydrogen-bond acceptors (Lipinski definition) is 7. The van der Waals surface area contributed by atoms with Gasteiger partial charge < -0.3 is 20.3 Å². The second kappa shape index (κ2) is 9.67. The summed E-state index contributed by atoms with van der Waals surface area (Å²) < 4.78 is 45.5. The maximum Gasteiger partial charge on any atom is 0.433 e. The van der Waals surface area contributed by atoms with Gasteiger partial charge >= 0.3 is 6.18 Å². The molecule has 3 aromatic heterocycles. The van der Waals surface area contributed by atoms with Crippen LogP contribution in [0.2, 0.25) is 0 Å². The Morgan fingerprint density at radius 2 is 2.00 bits per heavy atom. The van der Waals surface area contributed by atoms with E-state index in [1.54, 1.807) is 17.1 Å². The van der Waals surface area contributed by atoms with Crippen molar-refractivity contribution in [3.63, 3.8) is 0 Å². The van der Waals surface area contributed by atoms with Crippen LogP contribution in [0.5, 0.6) is 5.88 Å². The molecule has 1 unspecified atom stereocenters. The Morgan fingerprint density at radius 3 is 2.67 bits per heavy atom. The van der Waals surface area contributed by atoms with Gasteiger partial charge in [0.05, 0.1) is 36.9 Å². The number of halogens is 3. The minimum absolute atomic E-state index is 0.0436. The molecule has 0 fully saturated rings. The minimum atomic E-state index is -4.55. The van der Waals surface area contributed by atoms with Gasteiger partial charge in [-0.2, -0.15) is 18.3 Å². The number of carbonyl (C=O) groups excluding carboxylic acids is 1. The smallest absolute Gasteiger partial charge is 0.433 e. The van der Waals surface area contributed by atoms with Gasteiger partial charge in [0.1, 0.15) is 17.6 Å². The van der Waals surface area contributed by atoms with Crippen molar-refractivity contribution in [2.45, 2.75) is 46.1 Å². The summed E-state index contributed by atoms with van der Waals surface area (Å²) in [6.07, 6.45) is -1.09. The molecule has 3 aromatic rings. The zero-order valence-electron chi connectivity index (χ0n) is 20.6. The third kappa shape index (κ3) is 5.07. The van der Waals surface area contributed by atoms with Gasteiger partial charge in [-0.15, -0.1) is 0 Å². The van der Waals surface area contributed by atoms with E-state index in [-0.39, 0.29) is 30.3 Å². The molecular weight excluding hydrogens is 475 g/mol. The van der Waals surface area contributed by atoms with Gasteiger partial charge in [0.15, 0.2) is 0 Å². The summed E-state index contributed by atoms with van der Waals surface area (Å²) in [4.78, 5) is 22.6. The number of hydrogen-bond donors (Lipinski definition) is 2. The molecule has 4 rings (SSSR count). The molecule has 0 radical (unpaired) electrons. The molecular formula is C24H28F3N7O2. The molecule has 9 nitrogen and oxygen atoms in total. The molecule has 192 valence electrons. The highest BCUT2D eigenvalue weighted by atomic mass is 19.4. The fourth-order valence-corrected chi connectivity index (χ4v) is 4.33. The number of anilines is 3. The first-order valence-electron chi connectivity index (χ1n) is 11.4. The number of aromatic nitrogens is 4. The van der Waals surface area contributed by atoms with Crippen molar-refractivity contribution in [3.8, 4) is 5.88 Å². The summed E-state index contributed by atoms with van der Waals surface area (Å²) in [6.45, 7) is 6.49. The van der Waals surface area contributed by atoms with Crippen LogP contribution in [-0.4, -0.2) is 45.9 Å².